The SMILES string of the molecule is C[C@H]1c2cccc(O)c2C(=O)C2C(=O)[C@]3(O)C(=O)C(C(N)=O)C(=O)C(N(C)C)[C@@H]3[C@@H](OC(=O)CCCCC(=O)O)[C@@H]21. The summed E-state index contributed by atoms with van der Waals surface area (Å²) >= 11 is 0. The predicted molar refractivity (Wildman–Crippen MR) is 137 cm³/mol. The van der Waals surface area contributed by atoms with E-state index in [1.54, 1.807) is 13.0 Å². The highest BCUT2D eigenvalue weighted by Crippen LogP contribution is 2.55. The first-order valence-electron chi connectivity index (χ1n) is 13.2. The number of fused-ring (bicyclic) bond motifs is 3. The van der Waals surface area contributed by atoms with Crippen molar-refractivity contribution >= 4 is 41.0 Å². The molecule has 5 N–H and O–H groups in total. The molecule has 1 aromatic rings. The topological polar surface area (TPSA) is 219 Å². The molecule has 41 heavy (non-hydrogen) atoms. The van der Waals surface area contributed by atoms with Gasteiger partial charge in [0.15, 0.2) is 34.7 Å². The van der Waals surface area contributed by atoms with Gasteiger partial charge in [0.2, 0.25) is 5.91 Å². The molecular weight excluding hydrogens is 540 g/mol. The van der Waals surface area contributed by atoms with Crippen molar-refractivity contribution in [1.29, 1.82) is 0 Å². The predicted octanol–water partition coefficient (Wildman–Crippen LogP) is -0.405. The van der Waals surface area contributed by atoms with Gasteiger partial charge in [0.25, 0.3) is 0 Å². The van der Waals surface area contributed by atoms with Crippen molar-refractivity contribution in [2.24, 2.45) is 29.4 Å². The summed E-state index contributed by atoms with van der Waals surface area (Å²) in [6, 6.07) is 2.82. The molecule has 3 aliphatic carbocycles. The lowest BCUT2D eigenvalue weighted by Gasteiger charge is -2.56. The number of hydrogen-bond acceptors (Lipinski definition) is 11. The Bertz CT molecular complexity index is 1350. The van der Waals surface area contributed by atoms with Gasteiger partial charge in [0.05, 0.1) is 23.4 Å². The molecule has 4 rings (SSSR count). The number of phenols is 1. The zero-order valence-corrected chi connectivity index (χ0v) is 22.7. The van der Waals surface area contributed by atoms with E-state index in [0.717, 1.165) is 0 Å². The molecule has 0 radical (unpaired) electrons. The van der Waals surface area contributed by atoms with Crippen molar-refractivity contribution < 1.29 is 53.6 Å². The summed E-state index contributed by atoms with van der Waals surface area (Å²) in [5.41, 5.74) is 2.43. The summed E-state index contributed by atoms with van der Waals surface area (Å²) in [4.78, 5) is 92.4. The smallest absolute Gasteiger partial charge is 0.306 e. The molecule has 3 aliphatic rings. The van der Waals surface area contributed by atoms with Gasteiger partial charge in [-0.3, -0.25) is 38.5 Å². The van der Waals surface area contributed by atoms with Crippen molar-refractivity contribution in [2.75, 3.05) is 14.1 Å². The Labute approximate surface area is 234 Å². The summed E-state index contributed by atoms with van der Waals surface area (Å²) in [6.07, 6.45) is -1.70. The number of carboxylic acids is 1. The van der Waals surface area contributed by atoms with E-state index < -0.39 is 94.1 Å². The number of nitrogens with two attached hydrogens (primary N) is 1. The van der Waals surface area contributed by atoms with E-state index >= 15 is 0 Å². The van der Waals surface area contributed by atoms with Crippen LogP contribution in [0.25, 0.3) is 0 Å². The number of hydrogen-bond donors (Lipinski definition) is 4. The van der Waals surface area contributed by atoms with E-state index in [0.29, 0.717) is 5.56 Å². The quantitative estimate of drug-likeness (QED) is 0.178. The molecule has 13 heteroatoms. The number of likely N-dealkylation sites (N-methyl/N-ethyl adjacent to an activating group) is 1. The number of benzene rings is 1. The lowest BCUT2D eigenvalue weighted by Crippen LogP contribution is -2.78. The second-order valence-corrected chi connectivity index (χ2v) is 11.2. The second-order valence-electron chi connectivity index (χ2n) is 11.2. The van der Waals surface area contributed by atoms with Gasteiger partial charge in [-0.15, -0.1) is 0 Å². The summed E-state index contributed by atoms with van der Waals surface area (Å²) in [5.74, 6) is -15.9. The lowest BCUT2D eigenvalue weighted by molar-refractivity contribution is -0.205. The molecule has 0 saturated heterocycles. The van der Waals surface area contributed by atoms with Crippen LogP contribution in [0.3, 0.4) is 0 Å². The molecule has 3 unspecified atom stereocenters. The number of esters is 1. The molecular formula is C28H32N2O11. The van der Waals surface area contributed by atoms with Crippen LogP contribution in [0.5, 0.6) is 5.75 Å². The van der Waals surface area contributed by atoms with Gasteiger partial charge in [-0.05, 0) is 44.5 Å². The average molecular weight is 573 g/mol. The Kier molecular flexibility index (Phi) is 7.89. The van der Waals surface area contributed by atoms with Crippen LogP contribution >= 0.6 is 0 Å². The van der Waals surface area contributed by atoms with Gasteiger partial charge in [0, 0.05) is 18.8 Å². The third kappa shape index (κ3) is 4.62. The monoisotopic (exact) mass is 572 g/mol. The number of ether oxygens (including phenoxy) is 1. The molecule has 13 nitrogen and oxygen atoms in total. The molecule has 8 atom stereocenters. The number of aliphatic hydroxyl groups is 1. The van der Waals surface area contributed by atoms with Gasteiger partial charge in [-0.2, -0.15) is 0 Å². The first-order valence-corrected chi connectivity index (χ1v) is 13.2. The summed E-state index contributed by atoms with van der Waals surface area (Å²) in [6.45, 7) is 1.64. The first kappa shape index (κ1) is 30.0. The number of primary amides is 1. The molecule has 0 aromatic heterocycles. The molecule has 1 aromatic carbocycles. The Balaban J connectivity index is 1.89. The van der Waals surface area contributed by atoms with Crippen molar-refractivity contribution in [1.82, 2.24) is 4.90 Å². The maximum atomic E-state index is 14.1. The standard InChI is InChI=1S/C28H32N2O11/c1-11-12-7-6-8-13(31)17(12)22(35)18-16(11)24(41-15(34)10-5-4-9-14(32)33)20-21(30(2)3)23(36)19(27(29)39)26(38)28(20,40)25(18)37/h6-8,11,16,18-21,24,31,40H,4-5,9-10H2,1-3H3,(H2,29,39)(H,32,33)/t11-,16+,18?,19?,20+,21?,24-,28-/m0/s1. The number of carbonyl (C=O) groups is 7. The van der Waals surface area contributed by atoms with Crippen LogP contribution in [-0.4, -0.2) is 93.0 Å². The Morgan fingerprint density at radius 2 is 1.68 bits per heavy atom. The van der Waals surface area contributed by atoms with Gasteiger partial charge < -0.3 is 25.8 Å². The summed E-state index contributed by atoms with van der Waals surface area (Å²) in [7, 11) is 2.84. The van der Waals surface area contributed by atoms with E-state index in [4.69, 9.17) is 15.6 Å². The fourth-order valence-corrected chi connectivity index (χ4v) is 6.82. The molecule has 2 saturated carbocycles. The number of aromatic hydroxyl groups is 1. The molecule has 0 heterocycles. The number of carbonyl (C=O) groups excluding carboxylic acids is 6. The minimum atomic E-state index is -3.10. The average Bonchev–Trinajstić information content (AvgIpc) is 2.88. The third-order valence-corrected chi connectivity index (χ3v) is 8.61. The van der Waals surface area contributed by atoms with Crippen LogP contribution in [-0.2, 0) is 33.5 Å². The molecule has 1 amide bonds. The zero-order chi connectivity index (χ0) is 30.5. The van der Waals surface area contributed by atoms with Crippen LogP contribution in [0.2, 0.25) is 0 Å². The van der Waals surface area contributed by atoms with Crippen molar-refractivity contribution in [3.63, 3.8) is 0 Å². The van der Waals surface area contributed by atoms with E-state index in [-0.39, 0.29) is 31.2 Å². The van der Waals surface area contributed by atoms with Crippen molar-refractivity contribution in [2.45, 2.75) is 56.3 Å². The number of ketones is 4. The van der Waals surface area contributed by atoms with Crippen LogP contribution in [0.1, 0.15) is 54.4 Å². The van der Waals surface area contributed by atoms with E-state index in [9.17, 15) is 43.8 Å². The molecule has 0 aliphatic heterocycles. The lowest BCUT2D eigenvalue weighted by atomic mass is 9.49. The van der Waals surface area contributed by atoms with E-state index in [1.807, 2.05) is 0 Å². The number of unbranched alkanes of at least 4 members (excludes halogenated alkanes) is 1. The largest absolute Gasteiger partial charge is 0.507 e. The highest BCUT2D eigenvalue weighted by atomic mass is 16.5. The fourth-order valence-electron chi connectivity index (χ4n) is 6.82. The highest BCUT2D eigenvalue weighted by molar-refractivity contribution is 6.32. The van der Waals surface area contributed by atoms with Gasteiger partial charge >= 0.3 is 11.9 Å². The third-order valence-electron chi connectivity index (χ3n) is 8.61. The fraction of sp³-hybridized carbons (Fsp3) is 0.536. The summed E-state index contributed by atoms with van der Waals surface area (Å²) < 4.78 is 5.83. The molecule has 0 bridgehead atoms. The zero-order valence-electron chi connectivity index (χ0n) is 22.7. The molecule has 2 fully saturated rings. The minimum Gasteiger partial charge on any atom is -0.507 e. The van der Waals surface area contributed by atoms with Crippen LogP contribution < -0.4 is 5.73 Å². The van der Waals surface area contributed by atoms with Gasteiger partial charge in [-0.1, -0.05) is 19.1 Å². The van der Waals surface area contributed by atoms with E-state index in [2.05, 4.69) is 0 Å². The number of nitrogens with zero attached hydrogens (tertiary/aromatic N) is 1. The Morgan fingerprint density at radius 3 is 2.27 bits per heavy atom. The summed E-state index contributed by atoms with van der Waals surface area (Å²) in [5, 5.41) is 31.3. The maximum absolute atomic E-state index is 14.1. The Morgan fingerprint density at radius 1 is 1.05 bits per heavy atom. The second kappa shape index (κ2) is 10.8. The molecule has 220 valence electrons. The van der Waals surface area contributed by atoms with E-state index in [1.165, 1.54) is 31.1 Å². The normalized spacial score (nSPS) is 32.7. The number of Topliss-reactive ketones (excluding diaryl/α,β-unsaturated/α-hetero) is 4. The maximum Gasteiger partial charge on any atom is 0.306 e. The van der Waals surface area contributed by atoms with Crippen LogP contribution in [0, 0.1) is 23.7 Å². The van der Waals surface area contributed by atoms with Crippen LogP contribution in [0.4, 0.5) is 0 Å². The first-order chi connectivity index (χ1) is 19.2. The Hall–Kier alpha value is -3.97. The number of rotatable bonds is 8. The molecule has 0 spiro atoms. The van der Waals surface area contributed by atoms with Crippen molar-refractivity contribution in [3.05, 3.63) is 29.3 Å². The number of carboxylic acid groups (broad SMARTS) is 1. The van der Waals surface area contributed by atoms with Gasteiger partial charge in [0.1, 0.15) is 11.9 Å². The number of phenolic OH excluding ortho intramolecular Hbond substituents is 1. The van der Waals surface area contributed by atoms with Crippen molar-refractivity contribution in [3.8, 4) is 5.75 Å². The van der Waals surface area contributed by atoms with Gasteiger partial charge in [-0.25, -0.2) is 0 Å². The number of amides is 1. The minimum absolute atomic E-state index is 0.129. The van der Waals surface area contributed by atoms with Crippen LogP contribution in [0.15, 0.2) is 18.2 Å². The highest BCUT2D eigenvalue weighted by Gasteiger charge is 2.74. The number of aliphatic carboxylic acids is 1.